The van der Waals surface area contributed by atoms with Gasteiger partial charge < -0.3 is 24.4 Å². The number of hydrogen-bond acceptors (Lipinski definition) is 6. The minimum Gasteiger partial charge on any atom is -0.507 e. The first-order valence-corrected chi connectivity index (χ1v) is 11.2. The molecule has 2 heterocycles. The number of ether oxygens (including phenoxy) is 2. The van der Waals surface area contributed by atoms with Gasteiger partial charge in [-0.15, -0.1) is 0 Å². The molecule has 1 saturated heterocycles. The van der Waals surface area contributed by atoms with E-state index in [0.717, 1.165) is 17.7 Å². The zero-order valence-corrected chi connectivity index (χ0v) is 19.5. The van der Waals surface area contributed by atoms with Crippen LogP contribution in [0.15, 0.2) is 48.0 Å². The largest absolute Gasteiger partial charge is 0.507 e. The molecular formula is C26H30N2O5. The summed E-state index contributed by atoms with van der Waals surface area (Å²) in [7, 11) is 3.82. The molecule has 1 N–H and O–H groups in total. The monoisotopic (exact) mass is 450 g/mol. The van der Waals surface area contributed by atoms with Gasteiger partial charge in [0.15, 0.2) is 0 Å². The lowest BCUT2D eigenvalue weighted by molar-refractivity contribution is -0.140. The van der Waals surface area contributed by atoms with E-state index in [0.29, 0.717) is 36.6 Å². The van der Waals surface area contributed by atoms with Crippen molar-refractivity contribution in [1.29, 1.82) is 0 Å². The Kier molecular flexibility index (Phi) is 6.42. The van der Waals surface area contributed by atoms with Crippen LogP contribution in [0.2, 0.25) is 0 Å². The summed E-state index contributed by atoms with van der Waals surface area (Å²) in [5.41, 5.74) is 2.23. The average Bonchev–Trinajstić information content (AvgIpc) is 3.34. The molecule has 7 nitrogen and oxygen atoms in total. The Bertz CT molecular complexity index is 1110. The number of likely N-dealkylation sites (N-methyl/N-ethyl adjacent to an activating group) is 1. The number of benzene rings is 2. The zero-order chi connectivity index (χ0) is 23.7. The second kappa shape index (κ2) is 9.27. The summed E-state index contributed by atoms with van der Waals surface area (Å²) in [5, 5.41) is 11.3. The van der Waals surface area contributed by atoms with Gasteiger partial charge in [0.2, 0.25) is 0 Å². The van der Waals surface area contributed by atoms with Gasteiger partial charge in [0, 0.05) is 30.6 Å². The first-order chi connectivity index (χ1) is 15.8. The SMILES string of the molecule is CC(C)Oc1ccccc1C1/C(=C(\O)c2ccc3c(c2)CCO3)C(=O)C(=O)N1CCN(C)C. The first kappa shape index (κ1) is 22.9. The highest BCUT2D eigenvalue weighted by Gasteiger charge is 2.47. The lowest BCUT2D eigenvalue weighted by Crippen LogP contribution is -2.35. The van der Waals surface area contributed by atoms with Gasteiger partial charge in [0.05, 0.1) is 24.3 Å². The van der Waals surface area contributed by atoms with Gasteiger partial charge in [-0.3, -0.25) is 9.59 Å². The molecular weight excluding hydrogens is 420 g/mol. The molecule has 4 rings (SSSR count). The maximum Gasteiger partial charge on any atom is 0.295 e. The summed E-state index contributed by atoms with van der Waals surface area (Å²) in [6.07, 6.45) is 0.647. The second-order valence-electron chi connectivity index (χ2n) is 8.92. The normalized spacial score (nSPS) is 19.3. The van der Waals surface area contributed by atoms with E-state index in [9.17, 15) is 14.7 Å². The molecule has 0 aliphatic carbocycles. The summed E-state index contributed by atoms with van der Waals surface area (Å²) in [5.74, 6) is -0.118. The number of aliphatic hydroxyl groups excluding tert-OH is 1. The van der Waals surface area contributed by atoms with Gasteiger partial charge in [-0.2, -0.15) is 0 Å². The first-order valence-electron chi connectivity index (χ1n) is 11.2. The molecule has 1 atom stereocenters. The van der Waals surface area contributed by atoms with Crippen molar-refractivity contribution < 1.29 is 24.2 Å². The molecule has 2 aromatic carbocycles. The highest BCUT2D eigenvalue weighted by Crippen LogP contribution is 2.43. The minimum atomic E-state index is -0.746. The van der Waals surface area contributed by atoms with Gasteiger partial charge in [0.1, 0.15) is 17.3 Å². The number of carbonyl (C=O) groups is 2. The van der Waals surface area contributed by atoms with E-state index >= 15 is 0 Å². The van der Waals surface area contributed by atoms with E-state index in [1.54, 1.807) is 12.1 Å². The van der Waals surface area contributed by atoms with Gasteiger partial charge in [-0.05, 0) is 57.8 Å². The van der Waals surface area contributed by atoms with E-state index < -0.39 is 17.7 Å². The molecule has 0 radical (unpaired) electrons. The molecule has 1 amide bonds. The van der Waals surface area contributed by atoms with Crippen LogP contribution in [0.5, 0.6) is 11.5 Å². The van der Waals surface area contributed by atoms with Crippen molar-refractivity contribution in [3.05, 3.63) is 64.7 Å². The van der Waals surface area contributed by atoms with Crippen molar-refractivity contribution in [2.75, 3.05) is 33.8 Å². The van der Waals surface area contributed by atoms with Crippen LogP contribution in [0.1, 0.15) is 36.6 Å². The number of amides is 1. The van der Waals surface area contributed by atoms with Crippen LogP contribution in [0, 0.1) is 0 Å². The standard InChI is InChI=1S/C26H30N2O5/c1-16(2)33-21-8-6-5-7-19(21)23-22(25(30)26(31)28(23)13-12-27(3)4)24(29)18-9-10-20-17(15-18)11-14-32-20/h5-10,15-16,23,29H,11-14H2,1-4H3/b24-22+. The topological polar surface area (TPSA) is 79.3 Å². The number of fused-ring (bicyclic) bond motifs is 1. The second-order valence-corrected chi connectivity index (χ2v) is 8.92. The van der Waals surface area contributed by atoms with Crippen LogP contribution in [-0.2, 0) is 16.0 Å². The molecule has 1 unspecified atom stereocenters. The summed E-state index contributed by atoms with van der Waals surface area (Å²) in [6.45, 7) is 5.35. The molecule has 2 aliphatic rings. The number of carbonyl (C=O) groups excluding carboxylic acids is 2. The summed E-state index contributed by atoms with van der Waals surface area (Å²) < 4.78 is 11.6. The van der Waals surface area contributed by atoms with Crippen molar-refractivity contribution in [2.24, 2.45) is 0 Å². The molecule has 0 bridgehead atoms. The van der Waals surface area contributed by atoms with Crippen molar-refractivity contribution in [3.8, 4) is 11.5 Å². The summed E-state index contributed by atoms with van der Waals surface area (Å²) in [4.78, 5) is 29.8. The van der Waals surface area contributed by atoms with Crippen LogP contribution in [-0.4, -0.2) is 66.5 Å². The Labute approximate surface area is 194 Å². The molecule has 174 valence electrons. The molecule has 33 heavy (non-hydrogen) atoms. The van der Waals surface area contributed by atoms with Gasteiger partial charge >= 0.3 is 0 Å². The van der Waals surface area contributed by atoms with Crippen molar-refractivity contribution in [3.63, 3.8) is 0 Å². The fourth-order valence-corrected chi connectivity index (χ4v) is 4.30. The molecule has 0 saturated carbocycles. The van der Waals surface area contributed by atoms with Gasteiger partial charge in [-0.1, -0.05) is 18.2 Å². The lowest BCUT2D eigenvalue weighted by atomic mass is 9.94. The molecule has 2 aromatic rings. The summed E-state index contributed by atoms with van der Waals surface area (Å²) in [6, 6.07) is 12.0. The maximum atomic E-state index is 13.2. The number of rotatable bonds is 7. The predicted octanol–water partition coefficient (Wildman–Crippen LogP) is 3.39. The fourth-order valence-electron chi connectivity index (χ4n) is 4.30. The fraction of sp³-hybridized carbons (Fsp3) is 0.385. The highest BCUT2D eigenvalue weighted by atomic mass is 16.5. The quantitative estimate of drug-likeness (QED) is 0.396. The van der Waals surface area contributed by atoms with Gasteiger partial charge in [0.25, 0.3) is 11.7 Å². The van der Waals surface area contributed by atoms with E-state index in [2.05, 4.69) is 0 Å². The number of para-hydroxylation sites is 1. The number of Topliss-reactive ketones (excluding diaryl/α,β-unsaturated/α-hetero) is 1. The molecule has 0 spiro atoms. The number of ketones is 1. The minimum absolute atomic E-state index is 0.0810. The van der Waals surface area contributed by atoms with Crippen LogP contribution in [0.3, 0.4) is 0 Å². The van der Waals surface area contributed by atoms with Crippen LogP contribution >= 0.6 is 0 Å². The molecule has 2 aliphatic heterocycles. The number of likely N-dealkylation sites (tertiary alicyclic amines) is 1. The van der Waals surface area contributed by atoms with E-state index in [1.807, 2.05) is 63.2 Å². The number of hydrogen-bond donors (Lipinski definition) is 1. The van der Waals surface area contributed by atoms with Gasteiger partial charge in [-0.25, -0.2) is 0 Å². The average molecular weight is 451 g/mol. The zero-order valence-electron chi connectivity index (χ0n) is 19.5. The van der Waals surface area contributed by atoms with E-state index in [1.165, 1.54) is 4.90 Å². The van der Waals surface area contributed by atoms with Crippen LogP contribution in [0.4, 0.5) is 0 Å². The molecule has 7 heteroatoms. The third-order valence-corrected chi connectivity index (χ3v) is 5.87. The van der Waals surface area contributed by atoms with Crippen molar-refractivity contribution in [2.45, 2.75) is 32.4 Å². The Morgan fingerprint density at radius 3 is 2.70 bits per heavy atom. The Morgan fingerprint density at radius 1 is 1.21 bits per heavy atom. The maximum absolute atomic E-state index is 13.2. The van der Waals surface area contributed by atoms with Crippen molar-refractivity contribution in [1.82, 2.24) is 9.80 Å². The number of nitrogens with zero attached hydrogens (tertiary/aromatic N) is 2. The lowest BCUT2D eigenvalue weighted by Gasteiger charge is -2.28. The smallest absolute Gasteiger partial charge is 0.295 e. The van der Waals surface area contributed by atoms with E-state index in [-0.39, 0.29) is 17.4 Å². The number of aliphatic hydroxyl groups is 1. The Morgan fingerprint density at radius 2 is 1.97 bits per heavy atom. The molecule has 0 aromatic heterocycles. The van der Waals surface area contributed by atoms with E-state index in [4.69, 9.17) is 9.47 Å². The third kappa shape index (κ3) is 4.46. The Balaban J connectivity index is 1.86. The summed E-state index contributed by atoms with van der Waals surface area (Å²) >= 11 is 0. The van der Waals surface area contributed by atoms with Crippen molar-refractivity contribution >= 4 is 17.4 Å². The third-order valence-electron chi connectivity index (χ3n) is 5.87. The van der Waals surface area contributed by atoms with Crippen LogP contribution in [0.25, 0.3) is 5.76 Å². The highest BCUT2D eigenvalue weighted by molar-refractivity contribution is 6.46. The Hall–Kier alpha value is -3.32. The molecule has 1 fully saturated rings. The van der Waals surface area contributed by atoms with Crippen LogP contribution < -0.4 is 9.47 Å². The predicted molar refractivity (Wildman–Crippen MR) is 125 cm³/mol.